The SMILES string of the molecule is NC[C@@H]1OCCc2c(-c3ccncn3)cccc21. The highest BCUT2D eigenvalue weighted by Gasteiger charge is 2.22. The Kier molecular flexibility index (Phi) is 3.04. The summed E-state index contributed by atoms with van der Waals surface area (Å²) in [5.41, 5.74) is 10.4. The van der Waals surface area contributed by atoms with Crippen LogP contribution < -0.4 is 5.73 Å². The van der Waals surface area contributed by atoms with Crippen LogP contribution in [0.5, 0.6) is 0 Å². The van der Waals surface area contributed by atoms with Crippen LogP contribution in [0.3, 0.4) is 0 Å². The zero-order valence-electron chi connectivity index (χ0n) is 10.0. The van der Waals surface area contributed by atoms with E-state index >= 15 is 0 Å². The monoisotopic (exact) mass is 241 g/mol. The van der Waals surface area contributed by atoms with Gasteiger partial charge in [-0.25, -0.2) is 9.97 Å². The first-order valence-corrected chi connectivity index (χ1v) is 6.10. The number of fused-ring (bicyclic) bond motifs is 1. The fraction of sp³-hybridized carbons (Fsp3) is 0.286. The van der Waals surface area contributed by atoms with Crippen molar-refractivity contribution in [3.63, 3.8) is 0 Å². The van der Waals surface area contributed by atoms with Gasteiger partial charge in [0.15, 0.2) is 0 Å². The lowest BCUT2D eigenvalue weighted by atomic mass is 9.91. The van der Waals surface area contributed by atoms with Gasteiger partial charge in [0.05, 0.1) is 18.4 Å². The second kappa shape index (κ2) is 4.84. The van der Waals surface area contributed by atoms with Crippen LogP contribution in [-0.4, -0.2) is 23.1 Å². The van der Waals surface area contributed by atoms with Crippen molar-refractivity contribution in [3.05, 3.63) is 47.9 Å². The Balaban J connectivity index is 2.12. The van der Waals surface area contributed by atoms with Crippen LogP contribution in [0.1, 0.15) is 17.2 Å². The van der Waals surface area contributed by atoms with Crippen molar-refractivity contribution in [1.82, 2.24) is 9.97 Å². The van der Waals surface area contributed by atoms with Crippen LogP contribution >= 0.6 is 0 Å². The molecule has 18 heavy (non-hydrogen) atoms. The van der Waals surface area contributed by atoms with Gasteiger partial charge in [-0.3, -0.25) is 0 Å². The Morgan fingerprint density at radius 2 is 2.28 bits per heavy atom. The highest BCUT2D eigenvalue weighted by atomic mass is 16.5. The van der Waals surface area contributed by atoms with Crippen LogP contribution in [0.4, 0.5) is 0 Å². The zero-order chi connectivity index (χ0) is 12.4. The van der Waals surface area contributed by atoms with Gasteiger partial charge < -0.3 is 10.5 Å². The number of benzene rings is 1. The maximum Gasteiger partial charge on any atom is 0.116 e. The Hall–Kier alpha value is -1.78. The number of hydrogen-bond acceptors (Lipinski definition) is 4. The Bertz CT molecular complexity index is 542. The largest absolute Gasteiger partial charge is 0.372 e. The second-order valence-corrected chi connectivity index (χ2v) is 4.31. The molecule has 0 radical (unpaired) electrons. The average Bonchev–Trinajstić information content (AvgIpc) is 2.47. The summed E-state index contributed by atoms with van der Waals surface area (Å²) in [4.78, 5) is 8.28. The molecule has 2 heterocycles. The molecule has 0 fully saturated rings. The van der Waals surface area contributed by atoms with Crippen LogP contribution in [0.15, 0.2) is 36.8 Å². The van der Waals surface area contributed by atoms with Gasteiger partial charge in [-0.2, -0.15) is 0 Å². The molecule has 1 aliphatic rings. The molecule has 1 atom stereocenters. The summed E-state index contributed by atoms with van der Waals surface area (Å²) in [6.45, 7) is 1.23. The van der Waals surface area contributed by atoms with Crippen LogP contribution in [0.25, 0.3) is 11.3 Å². The maximum absolute atomic E-state index is 5.76. The van der Waals surface area contributed by atoms with Gasteiger partial charge in [0.25, 0.3) is 0 Å². The first-order chi connectivity index (χ1) is 8.90. The minimum Gasteiger partial charge on any atom is -0.372 e. The lowest BCUT2D eigenvalue weighted by molar-refractivity contribution is 0.0486. The summed E-state index contributed by atoms with van der Waals surface area (Å²) in [5.74, 6) is 0. The smallest absolute Gasteiger partial charge is 0.116 e. The van der Waals surface area contributed by atoms with E-state index < -0.39 is 0 Å². The van der Waals surface area contributed by atoms with E-state index in [2.05, 4.69) is 22.1 Å². The summed E-state index contributed by atoms with van der Waals surface area (Å²) in [5, 5.41) is 0. The van der Waals surface area contributed by atoms with E-state index in [1.54, 1.807) is 12.5 Å². The Labute approximate surface area is 106 Å². The van der Waals surface area contributed by atoms with Crippen molar-refractivity contribution in [2.24, 2.45) is 5.73 Å². The fourth-order valence-corrected chi connectivity index (χ4v) is 2.46. The van der Waals surface area contributed by atoms with Gasteiger partial charge in [0.1, 0.15) is 6.33 Å². The van der Waals surface area contributed by atoms with Gasteiger partial charge in [-0.05, 0) is 23.6 Å². The number of nitrogens with zero attached hydrogens (tertiary/aromatic N) is 2. The van der Waals surface area contributed by atoms with Gasteiger partial charge in [0.2, 0.25) is 0 Å². The van der Waals surface area contributed by atoms with Crippen LogP contribution in [-0.2, 0) is 11.2 Å². The predicted molar refractivity (Wildman–Crippen MR) is 68.9 cm³/mol. The molecule has 0 aliphatic carbocycles. The van der Waals surface area contributed by atoms with Gasteiger partial charge in [0, 0.05) is 18.3 Å². The molecule has 4 heteroatoms. The van der Waals surface area contributed by atoms with Gasteiger partial charge in [-0.1, -0.05) is 18.2 Å². The molecule has 1 aromatic heterocycles. The number of hydrogen-bond donors (Lipinski definition) is 1. The fourth-order valence-electron chi connectivity index (χ4n) is 2.46. The molecular formula is C14H15N3O. The van der Waals surface area contributed by atoms with E-state index in [1.807, 2.05) is 12.1 Å². The van der Waals surface area contributed by atoms with Gasteiger partial charge >= 0.3 is 0 Å². The summed E-state index contributed by atoms with van der Waals surface area (Å²) in [6.07, 6.45) is 4.26. The molecule has 4 nitrogen and oxygen atoms in total. The van der Waals surface area contributed by atoms with Gasteiger partial charge in [-0.15, -0.1) is 0 Å². The summed E-state index contributed by atoms with van der Waals surface area (Å²) < 4.78 is 5.69. The molecule has 0 spiro atoms. The average molecular weight is 241 g/mol. The van der Waals surface area contributed by atoms with Crippen molar-refractivity contribution in [2.45, 2.75) is 12.5 Å². The molecule has 2 N–H and O–H groups in total. The molecule has 3 rings (SSSR count). The third-order valence-electron chi connectivity index (χ3n) is 3.30. The highest BCUT2D eigenvalue weighted by molar-refractivity contribution is 5.65. The van der Waals surface area contributed by atoms with Crippen molar-refractivity contribution >= 4 is 0 Å². The third-order valence-corrected chi connectivity index (χ3v) is 3.30. The van der Waals surface area contributed by atoms with E-state index in [1.165, 1.54) is 11.1 Å². The number of aromatic nitrogens is 2. The number of nitrogens with two attached hydrogens (primary N) is 1. The number of rotatable bonds is 2. The maximum atomic E-state index is 5.76. The Morgan fingerprint density at radius 1 is 1.33 bits per heavy atom. The predicted octanol–water partition coefficient (Wildman–Crippen LogP) is 1.72. The van der Waals surface area contributed by atoms with E-state index in [-0.39, 0.29) is 6.10 Å². The van der Waals surface area contributed by atoms with Crippen LogP contribution in [0, 0.1) is 0 Å². The lowest BCUT2D eigenvalue weighted by Crippen LogP contribution is -2.23. The molecule has 1 aromatic carbocycles. The minimum atomic E-state index is 0.00976. The third kappa shape index (κ3) is 1.89. The summed E-state index contributed by atoms with van der Waals surface area (Å²) in [7, 11) is 0. The van der Waals surface area contributed by atoms with Crippen molar-refractivity contribution < 1.29 is 4.74 Å². The second-order valence-electron chi connectivity index (χ2n) is 4.31. The Morgan fingerprint density at radius 3 is 3.06 bits per heavy atom. The highest BCUT2D eigenvalue weighted by Crippen LogP contribution is 2.32. The molecule has 2 aromatic rings. The number of ether oxygens (including phenoxy) is 1. The zero-order valence-corrected chi connectivity index (χ0v) is 10.0. The van der Waals surface area contributed by atoms with Crippen LogP contribution in [0.2, 0.25) is 0 Å². The first kappa shape index (κ1) is 11.3. The van der Waals surface area contributed by atoms with E-state index in [9.17, 15) is 0 Å². The van der Waals surface area contributed by atoms with E-state index in [0.717, 1.165) is 24.3 Å². The lowest BCUT2D eigenvalue weighted by Gasteiger charge is -2.26. The molecule has 0 saturated carbocycles. The molecule has 0 unspecified atom stereocenters. The molecule has 92 valence electrons. The topological polar surface area (TPSA) is 61.0 Å². The van der Waals surface area contributed by atoms with Crippen molar-refractivity contribution in [3.8, 4) is 11.3 Å². The standard InChI is InChI=1S/C14H15N3O/c15-8-14-12-3-1-2-11(10(12)5-7-18-14)13-4-6-16-9-17-13/h1-4,6,9,14H,5,7-8,15H2/t14-/m0/s1. The normalized spacial score (nSPS) is 18.4. The van der Waals surface area contributed by atoms with E-state index in [4.69, 9.17) is 10.5 Å². The molecule has 0 bridgehead atoms. The summed E-state index contributed by atoms with van der Waals surface area (Å²) in [6, 6.07) is 8.16. The summed E-state index contributed by atoms with van der Waals surface area (Å²) >= 11 is 0. The molecule has 0 saturated heterocycles. The first-order valence-electron chi connectivity index (χ1n) is 6.10. The molecule has 1 aliphatic heterocycles. The minimum absolute atomic E-state index is 0.00976. The van der Waals surface area contributed by atoms with Crippen molar-refractivity contribution in [1.29, 1.82) is 0 Å². The van der Waals surface area contributed by atoms with E-state index in [0.29, 0.717) is 6.54 Å². The molecule has 0 amide bonds. The molecular weight excluding hydrogens is 226 g/mol. The quantitative estimate of drug-likeness (QED) is 0.869. The van der Waals surface area contributed by atoms with Crippen molar-refractivity contribution in [2.75, 3.05) is 13.2 Å².